The Balaban J connectivity index is 1.75. The summed E-state index contributed by atoms with van der Waals surface area (Å²) in [5, 5.41) is 15.6. The van der Waals surface area contributed by atoms with Gasteiger partial charge in [-0.05, 0) is 32.4 Å². The number of fused-ring (bicyclic) bond motifs is 1. The van der Waals surface area contributed by atoms with Crippen LogP contribution in [0.4, 0.5) is 5.82 Å². The average Bonchev–Trinajstić information content (AvgIpc) is 3.26. The van der Waals surface area contributed by atoms with Crippen LogP contribution < -0.4 is 10.9 Å². The van der Waals surface area contributed by atoms with Crippen LogP contribution in [-0.4, -0.2) is 30.6 Å². The zero-order valence-electron chi connectivity index (χ0n) is 15.6. The molecule has 28 heavy (non-hydrogen) atoms. The smallest absolute Gasteiger partial charge is 0.293 e. The molecule has 0 aliphatic heterocycles. The summed E-state index contributed by atoms with van der Waals surface area (Å²) in [6, 6.07) is 9.24. The van der Waals surface area contributed by atoms with Gasteiger partial charge in [0.05, 0.1) is 17.6 Å². The third kappa shape index (κ3) is 3.07. The molecular weight excluding hydrogens is 360 g/mol. The van der Waals surface area contributed by atoms with Crippen LogP contribution in [0.5, 0.6) is 0 Å². The van der Waals surface area contributed by atoms with Crippen LogP contribution >= 0.6 is 0 Å². The Labute approximate surface area is 159 Å². The van der Waals surface area contributed by atoms with Gasteiger partial charge in [0.15, 0.2) is 5.82 Å². The Kier molecular flexibility index (Phi) is 4.26. The summed E-state index contributed by atoms with van der Waals surface area (Å²) < 4.78 is 7.65. The molecule has 0 saturated carbocycles. The lowest BCUT2D eigenvalue weighted by molar-refractivity contribution is -0.117. The number of para-hydroxylation sites is 1. The average molecular weight is 378 g/mol. The highest BCUT2D eigenvalue weighted by Gasteiger charge is 2.17. The summed E-state index contributed by atoms with van der Waals surface area (Å²) >= 11 is 0. The van der Waals surface area contributed by atoms with Gasteiger partial charge in [-0.25, -0.2) is 9.36 Å². The number of anilines is 1. The second kappa shape index (κ2) is 6.76. The monoisotopic (exact) mass is 378 g/mol. The molecule has 0 saturated heterocycles. The van der Waals surface area contributed by atoms with Gasteiger partial charge in [-0.2, -0.15) is 10.2 Å². The highest BCUT2D eigenvalue weighted by molar-refractivity contribution is 5.89. The van der Waals surface area contributed by atoms with Gasteiger partial charge in [-0.15, -0.1) is 0 Å². The minimum absolute atomic E-state index is 0.250. The van der Waals surface area contributed by atoms with Gasteiger partial charge in [0.2, 0.25) is 5.91 Å². The van der Waals surface area contributed by atoms with Crippen LogP contribution in [0.2, 0.25) is 0 Å². The first kappa shape index (κ1) is 17.7. The minimum Gasteiger partial charge on any atom is -0.360 e. The Bertz CT molecular complexity index is 1250. The number of hydrogen-bond acceptors (Lipinski definition) is 6. The highest BCUT2D eigenvalue weighted by Crippen LogP contribution is 2.19. The van der Waals surface area contributed by atoms with Crippen molar-refractivity contribution in [1.29, 1.82) is 0 Å². The molecule has 9 nitrogen and oxygen atoms in total. The van der Waals surface area contributed by atoms with Crippen molar-refractivity contribution in [2.45, 2.75) is 27.3 Å². The number of nitrogens with zero attached hydrogens (tertiary/aromatic N) is 5. The first-order valence-corrected chi connectivity index (χ1v) is 8.68. The number of rotatable bonds is 4. The van der Waals surface area contributed by atoms with E-state index in [2.05, 4.69) is 20.7 Å². The maximum absolute atomic E-state index is 13.1. The van der Waals surface area contributed by atoms with Crippen molar-refractivity contribution < 1.29 is 9.32 Å². The molecule has 1 N–H and O–H groups in total. The largest absolute Gasteiger partial charge is 0.360 e. The Morgan fingerprint density at radius 3 is 2.71 bits per heavy atom. The van der Waals surface area contributed by atoms with E-state index in [-0.39, 0.29) is 6.54 Å². The molecule has 0 fully saturated rings. The van der Waals surface area contributed by atoms with Crippen molar-refractivity contribution in [3.8, 4) is 5.69 Å². The van der Waals surface area contributed by atoms with Crippen molar-refractivity contribution in [3.05, 3.63) is 63.9 Å². The van der Waals surface area contributed by atoms with Gasteiger partial charge >= 0.3 is 0 Å². The molecule has 0 aliphatic carbocycles. The Morgan fingerprint density at radius 1 is 1.21 bits per heavy atom. The maximum atomic E-state index is 13.1. The fraction of sp³-hybridized carbons (Fsp3) is 0.211. The lowest BCUT2D eigenvalue weighted by Crippen LogP contribution is -2.31. The molecule has 3 aromatic heterocycles. The third-order valence-electron chi connectivity index (χ3n) is 4.40. The molecule has 0 radical (unpaired) electrons. The Morgan fingerprint density at radius 2 is 2.00 bits per heavy atom. The van der Waals surface area contributed by atoms with Crippen molar-refractivity contribution in [2.24, 2.45) is 0 Å². The summed E-state index contributed by atoms with van der Waals surface area (Å²) in [5.74, 6) is 0.437. The number of benzene rings is 1. The number of amides is 1. The standard InChI is InChI=1S/C19H18N6O3/c1-11-6-4-5-7-15(11)25-18-14(9-20-25)13(3)22-24(19(18)27)10-17(26)21-16-8-12(2)28-23-16/h4-9H,10H2,1-3H3,(H,21,23,26). The normalized spacial score (nSPS) is 11.1. The molecular formula is C19H18N6O3. The van der Waals surface area contributed by atoms with E-state index >= 15 is 0 Å². The summed E-state index contributed by atoms with van der Waals surface area (Å²) in [6.07, 6.45) is 1.62. The fourth-order valence-electron chi connectivity index (χ4n) is 3.06. The molecule has 1 aromatic carbocycles. The lowest BCUT2D eigenvalue weighted by Gasteiger charge is -2.09. The van der Waals surface area contributed by atoms with Crippen molar-refractivity contribution in [2.75, 3.05) is 5.32 Å². The number of carbonyl (C=O) groups excluding carboxylic acids is 1. The predicted molar refractivity (Wildman–Crippen MR) is 102 cm³/mol. The number of nitrogens with one attached hydrogen (secondary N) is 1. The molecule has 1 amide bonds. The van der Waals surface area contributed by atoms with E-state index in [0.29, 0.717) is 28.2 Å². The van der Waals surface area contributed by atoms with E-state index in [1.807, 2.05) is 31.2 Å². The zero-order chi connectivity index (χ0) is 19.8. The molecule has 9 heteroatoms. The van der Waals surface area contributed by atoms with Crippen molar-refractivity contribution >= 4 is 22.6 Å². The van der Waals surface area contributed by atoms with Crippen LogP contribution in [0.15, 0.2) is 45.8 Å². The first-order valence-electron chi connectivity index (χ1n) is 8.68. The molecule has 0 unspecified atom stereocenters. The number of aromatic nitrogens is 5. The molecule has 4 aromatic rings. The van der Waals surface area contributed by atoms with Gasteiger partial charge in [0.1, 0.15) is 17.8 Å². The topological polar surface area (TPSA) is 108 Å². The van der Waals surface area contributed by atoms with E-state index < -0.39 is 11.5 Å². The molecule has 0 aliphatic rings. The molecule has 0 spiro atoms. The van der Waals surface area contributed by atoms with E-state index in [0.717, 1.165) is 15.9 Å². The van der Waals surface area contributed by atoms with Gasteiger partial charge in [-0.3, -0.25) is 9.59 Å². The maximum Gasteiger partial charge on any atom is 0.293 e. The number of aryl methyl sites for hydroxylation is 3. The van der Waals surface area contributed by atoms with Crippen LogP contribution in [0.25, 0.3) is 16.6 Å². The van der Waals surface area contributed by atoms with Gasteiger partial charge in [0.25, 0.3) is 5.56 Å². The molecule has 142 valence electrons. The predicted octanol–water partition coefficient (Wildman–Crippen LogP) is 2.13. The lowest BCUT2D eigenvalue weighted by atomic mass is 10.2. The second-order valence-electron chi connectivity index (χ2n) is 6.52. The van der Waals surface area contributed by atoms with E-state index in [1.54, 1.807) is 30.8 Å². The van der Waals surface area contributed by atoms with E-state index in [9.17, 15) is 9.59 Å². The Hall–Kier alpha value is -3.75. The first-order chi connectivity index (χ1) is 13.4. The molecule has 0 atom stereocenters. The highest BCUT2D eigenvalue weighted by atomic mass is 16.5. The third-order valence-corrected chi connectivity index (χ3v) is 4.40. The van der Waals surface area contributed by atoms with Crippen LogP contribution in [0, 0.1) is 20.8 Å². The summed E-state index contributed by atoms with van der Waals surface area (Å²) in [6.45, 7) is 5.20. The number of hydrogen-bond donors (Lipinski definition) is 1. The fourth-order valence-corrected chi connectivity index (χ4v) is 3.06. The van der Waals surface area contributed by atoms with Crippen molar-refractivity contribution in [3.63, 3.8) is 0 Å². The molecule has 0 bridgehead atoms. The SMILES string of the molecule is Cc1cc(NC(=O)Cn2nc(C)c3cnn(-c4ccccc4C)c3c2=O)no1. The van der Waals surface area contributed by atoms with Crippen LogP contribution in [-0.2, 0) is 11.3 Å². The zero-order valence-corrected chi connectivity index (χ0v) is 15.6. The van der Waals surface area contributed by atoms with Gasteiger partial charge in [0, 0.05) is 11.5 Å². The molecule has 3 heterocycles. The number of carbonyl (C=O) groups is 1. The van der Waals surface area contributed by atoms with Crippen LogP contribution in [0.1, 0.15) is 17.0 Å². The second-order valence-corrected chi connectivity index (χ2v) is 6.52. The van der Waals surface area contributed by atoms with Crippen LogP contribution in [0.3, 0.4) is 0 Å². The van der Waals surface area contributed by atoms with Gasteiger partial charge in [-0.1, -0.05) is 23.4 Å². The summed E-state index contributed by atoms with van der Waals surface area (Å²) in [4.78, 5) is 25.4. The quantitative estimate of drug-likeness (QED) is 0.583. The van der Waals surface area contributed by atoms with Crippen molar-refractivity contribution in [1.82, 2.24) is 24.7 Å². The summed E-state index contributed by atoms with van der Waals surface area (Å²) in [5.41, 5.74) is 2.38. The molecule has 4 rings (SSSR count). The minimum atomic E-state index is -0.427. The van der Waals surface area contributed by atoms with Gasteiger partial charge < -0.3 is 9.84 Å². The summed E-state index contributed by atoms with van der Waals surface area (Å²) in [7, 11) is 0. The van der Waals surface area contributed by atoms with E-state index in [1.165, 1.54) is 0 Å². The van der Waals surface area contributed by atoms with E-state index in [4.69, 9.17) is 4.52 Å².